The third kappa shape index (κ3) is 3.78. The number of benzene rings is 1. The van der Waals surface area contributed by atoms with E-state index in [9.17, 15) is 4.39 Å². The van der Waals surface area contributed by atoms with Gasteiger partial charge in [0.05, 0.1) is 6.54 Å². The quantitative estimate of drug-likeness (QED) is 0.641. The summed E-state index contributed by atoms with van der Waals surface area (Å²) in [5.74, 6) is 0.288. The minimum Gasteiger partial charge on any atom is -0.370 e. The number of hydrogen-bond donors (Lipinski definition) is 2. The van der Waals surface area contributed by atoms with Crippen LogP contribution in [0.5, 0.6) is 0 Å². The van der Waals surface area contributed by atoms with Crippen LogP contribution in [-0.2, 0) is 0 Å². The molecule has 1 unspecified atom stereocenters. The lowest BCUT2D eigenvalue weighted by atomic mass is 10.1. The summed E-state index contributed by atoms with van der Waals surface area (Å²) < 4.78 is 13.9. The van der Waals surface area contributed by atoms with Gasteiger partial charge in [-0.05, 0) is 44.5 Å². The number of likely N-dealkylation sites (N-methyl/N-ethyl adjacent to an activating group) is 1. The lowest BCUT2D eigenvalue weighted by Gasteiger charge is -2.21. The van der Waals surface area contributed by atoms with Crippen molar-refractivity contribution in [3.63, 3.8) is 0 Å². The molecule has 1 aromatic rings. The zero-order valence-electron chi connectivity index (χ0n) is 13.4. The predicted octanol–water partition coefficient (Wildman–Crippen LogP) is 2.72. The second-order valence-corrected chi connectivity index (χ2v) is 6.79. The van der Waals surface area contributed by atoms with Gasteiger partial charge in [0.25, 0.3) is 0 Å². The number of aliphatic imine (C=N–C) groups is 1. The summed E-state index contributed by atoms with van der Waals surface area (Å²) in [5.41, 5.74) is 6.58. The molecular weight excluding hydrogens is 315 g/mol. The lowest BCUT2D eigenvalue weighted by Crippen LogP contribution is -2.37. The first-order chi connectivity index (χ1) is 11.1. The second kappa shape index (κ2) is 7.05. The van der Waals surface area contributed by atoms with Crippen LogP contribution in [0.15, 0.2) is 23.2 Å². The molecule has 3 N–H and O–H groups in total. The molecule has 2 aliphatic rings. The predicted molar refractivity (Wildman–Crippen MR) is 92.5 cm³/mol. The fraction of sp³-hybridized carbons (Fsp3) is 0.588. The summed E-state index contributed by atoms with van der Waals surface area (Å²) in [4.78, 5) is 6.91. The van der Waals surface area contributed by atoms with Crippen molar-refractivity contribution in [2.24, 2.45) is 10.7 Å². The Bertz CT molecular complexity index is 572. The highest BCUT2D eigenvalue weighted by atomic mass is 35.5. The van der Waals surface area contributed by atoms with E-state index in [0.29, 0.717) is 22.6 Å². The molecule has 1 aliphatic carbocycles. The van der Waals surface area contributed by atoms with Gasteiger partial charge in [-0.1, -0.05) is 24.6 Å². The number of halogens is 2. The molecule has 1 saturated carbocycles. The molecule has 0 aromatic heterocycles. The molecule has 1 aliphatic heterocycles. The average molecular weight is 339 g/mol. The van der Waals surface area contributed by atoms with Crippen molar-refractivity contribution in [1.82, 2.24) is 10.2 Å². The Kier molecular flexibility index (Phi) is 5.07. The molecule has 0 radical (unpaired) electrons. The summed E-state index contributed by atoms with van der Waals surface area (Å²) in [6, 6.07) is 5.43. The minimum absolute atomic E-state index is 0.0797. The highest BCUT2D eigenvalue weighted by Gasteiger charge is 2.41. The zero-order chi connectivity index (χ0) is 16.4. The van der Waals surface area contributed by atoms with Crippen LogP contribution in [0.2, 0.25) is 5.02 Å². The van der Waals surface area contributed by atoms with Gasteiger partial charge >= 0.3 is 0 Å². The fourth-order valence-electron chi connectivity index (χ4n) is 3.50. The summed E-state index contributed by atoms with van der Waals surface area (Å²) in [6.07, 6.45) is 3.25. The summed E-state index contributed by atoms with van der Waals surface area (Å²) in [6.45, 7) is 5.12. The average Bonchev–Trinajstić information content (AvgIpc) is 3.10. The van der Waals surface area contributed by atoms with Crippen LogP contribution in [0.25, 0.3) is 0 Å². The molecule has 1 saturated heterocycles. The van der Waals surface area contributed by atoms with E-state index in [1.54, 1.807) is 12.1 Å². The highest BCUT2D eigenvalue weighted by Crippen LogP contribution is 2.44. The molecule has 23 heavy (non-hydrogen) atoms. The molecule has 3 rings (SSSR count). The largest absolute Gasteiger partial charge is 0.370 e. The Morgan fingerprint density at radius 2 is 2.35 bits per heavy atom. The SMILES string of the molecule is CCN1CCCC1CN=C(N)N[C@@H]1C[C@H]1c1c(F)cccc1Cl. The van der Waals surface area contributed by atoms with Gasteiger partial charge in [0, 0.05) is 28.6 Å². The van der Waals surface area contributed by atoms with Crippen molar-refractivity contribution in [2.45, 2.75) is 44.2 Å². The van der Waals surface area contributed by atoms with E-state index in [1.807, 2.05) is 0 Å². The van der Waals surface area contributed by atoms with Crippen LogP contribution >= 0.6 is 11.6 Å². The van der Waals surface area contributed by atoms with Gasteiger partial charge in [-0.25, -0.2) is 4.39 Å². The molecule has 126 valence electrons. The van der Waals surface area contributed by atoms with Gasteiger partial charge in [-0.15, -0.1) is 0 Å². The first kappa shape index (κ1) is 16.5. The standard InChI is InChI=1S/C17H24ClFN4/c1-2-23-8-4-5-11(23)10-21-17(20)22-15-9-12(15)16-13(18)6-3-7-14(16)19/h3,6-7,11-12,15H,2,4-5,8-10H2,1H3,(H3,20,21,22)/t11?,12-,15-/m1/s1. The van der Waals surface area contributed by atoms with Crippen LogP contribution in [0.1, 0.15) is 37.7 Å². The molecule has 6 heteroatoms. The zero-order valence-corrected chi connectivity index (χ0v) is 14.2. The van der Waals surface area contributed by atoms with Gasteiger partial charge in [0.2, 0.25) is 0 Å². The Morgan fingerprint density at radius 3 is 3.09 bits per heavy atom. The minimum atomic E-state index is -0.244. The third-order valence-corrected chi connectivity index (χ3v) is 5.20. The Hall–Kier alpha value is -1.33. The molecule has 0 spiro atoms. The number of likely N-dealkylation sites (tertiary alicyclic amines) is 1. The first-order valence-corrected chi connectivity index (χ1v) is 8.72. The Morgan fingerprint density at radius 1 is 1.52 bits per heavy atom. The third-order valence-electron chi connectivity index (χ3n) is 4.87. The van der Waals surface area contributed by atoms with Crippen LogP contribution in [0, 0.1) is 5.82 Å². The number of nitrogens with two attached hydrogens (primary N) is 1. The van der Waals surface area contributed by atoms with Crippen LogP contribution in [0.3, 0.4) is 0 Å². The van der Waals surface area contributed by atoms with Crippen molar-refractivity contribution in [3.8, 4) is 0 Å². The number of nitrogens with zero attached hydrogens (tertiary/aromatic N) is 2. The van der Waals surface area contributed by atoms with E-state index in [-0.39, 0.29) is 17.8 Å². The Balaban J connectivity index is 1.54. The van der Waals surface area contributed by atoms with E-state index in [4.69, 9.17) is 17.3 Å². The monoisotopic (exact) mass is 338 g/mol. The maximum Gasteiger partial charge on any atom is 0.188 e. The van der Waals surface area contributed by atoms with E-state index in [1.165, 1.54) is 18.9 Å². The smallest absolute Gasteiger partial charge is 0.188 e. The van der Waals surface area contributed by atoms with E-state index in [2.05, 4.69) is 22.1 Å². The maximum atomic E-state index is 13.9. The second-order valence-electron chi connectivity index (χ2n) is 6.38. The molecule has 3 atom stereocenters. The molecule has 1 heterocycles. The van der Waals surface area contributed by atoms with E-state index in [0.717, 1.165) is 26.1 Å². The van der Waals surface area contributed by atoms with E-state index >= 15 is 0 Å². The molecule has 4 nitrogen and oxygen atoms in total. The topological polar surface area (TPSA) is 53.6 Å². The van der Waals surface area contributed by atoms with Crippen LogP contribution < -0.4 is 11.1 Å². The highest BCUT2D eigenvalue weighted by molar-refractivity contribution is 6.31. The van der Waals surface area contributed by atoms with Gasteiger partial charge in [-0.2, -0.15) is 0 Å². The van der Waals surface area contributed by atoms with Crippen molar-refractivity contribution < 1.29 is 4.39 Å². The number of hydrogen-bond acceptors (Lipinski definition) is 2. The van der Waals surface area contributed by atoms with Gasteiger partial charge in [-0.3, -0.25) is 9.89 Å². The molecular formula is C17H24ClFN4. The number of nitrogens with one attached hydrogen (secondary N) is 1. The number of rotatable bonds is 5. The fourth-order valence-corrected chi connectivity index (χ4v) is 3.80. The Labute approximate surface area is 141 Å². The van der Waals surface area contributed by atoms with Crippen molar-refractivity contribution in [3.05, 3.63) is 34.6 Å². The van der Waals surface area contributed by atoms with Crippen LogP contribution in [-0.4, -0.2) is 42.6 Å². The van der Waals surface area contributed by atoms with Crippen molar-refractivity contribution in [2.75, 3.05) is 19.6 Å². The van der Waals surface area contributed by atoms with Gasteiger partial charge in [0.1, 0.15) is 5.82 Å². The normalized spacial score (nSPS) is 28.1. The molecule has 2 fully saturated rings. The van der Waals surface area contributed by atoms with Gasteiger partial charge in [0.15, 0.2) is 5.96 Å². The van der Waals surface area contributed by atoms with Crippen molar-refractivity contribution >= 4 is 17.6 Å². The van der Waals surface area contributed by atoms with E-state index < -0.39 is 0 Å². The molecule has 0 bridgehead atoms. The molecule has 1 aromatic carbocycles. The maximum absolute atomic E-state index is 13.9. The van der Waals surface area contributed by atoms with Gasteiger partial charge < -0.3 is 11.1 Å². The summed E-state index contributed by atoms with van der Waals surface area (Å²) >= 11 is 6.11. The molecule has 0 amide bonds. The van der Waals surface area contributed by atoms with Crippen LogP contribution in [0.4, 0.5) is 4.39 Å². The first-order valence-electron chi connectivity index (χ1n) is 8.34. The number of guanidine groups is 1. The summed E-state index contributed by atoms with van der Waals surface area (Å²) in [5, 5.41) is 3.68. The lowest BCUT2D eigenvalue weighted by molar-refractivity contribution is 0.273. The summed E-state index contributed by atoms with van der Waals surface area (Å²) in [7, 11) is 0. The van der Waals surface area contributed by atoms with Crippen molar-refractivity contribution in [1.29, 1.82) is 0 Å².